The molecule has 32 heavy (non-hydrogen) atoms. The number of likely N-dealkylation sites (N-methyl/N-ethyl adjacent to an activating group) is 1. The summed E-state index contributed by atoms with van der Waals surface area (Å²) in [5, 5.41) is 3.58. The Kier molecular flexibility index (Phi) is 4.95. The van der Waals surface area contributed by atoms with Crippen LogP contribution in [0.2, 0.25) is 0 Å². The largest absolute Gasteiger partial charge is 0.489 e. The van der Waals surface area contributed by atoms with Gasteiger partial charge in [0.2, 0.25) is 0 Å². The van der Waals surface area contributed by atoms with Crippen LogP contribution in [0.1, 0.15) is 10.5 Å². The smallest absolute Gasteiger partial charge is 0.270 e. The molecule has 0 saturated carbocycles. The van der Waals surface area contributed by atoms with E-state index in [9.17, 15) is 9.59 Å². The van der Waals surface area contributed by atoms with Crippen LogP contribution in [0.25, 0.3) is 11.0 Å². The summed E-state index contributed by atoms with van der Waals surface area (Å²) in [7, 11) is 1.65. The van der Waals surface area contributed by atoms with E-state index in [1.165, 1.54) is 17.2 Å². The van der Waals surface area contributed by atoms with Crippen molar-refractivity contribution in [3.05, 3.63) is 78.8 Å². The molecule has 0 bridgehead atoms. The van der Waals surface area contributed by atoms with Crippen molar-refractivity contribution in [3.8, 4) is 17.2 Å². The minimum absolute atomic E-state index is 0.0195. The second-order valence-electron chi connectivity index (χ2n) is 7.30. The molecule has 8 heteroatoms. The van der Waals surface area contributed by atoms with Crippen molar-refractivity contribution in [2.75, 3.05) is 18.6 Å². The van der Waals surface area contributed by atoms with Crippen LogP contribution in [0.3, 0.4) is 0 Å². The highest BCUT2D eigenvalue weighted by atomic mass is 16.5. The van der Waals surface area contributed by atoms with Crippen molar-refractivity contribution >= 4 is 28.5 Å². The van der Waals surface area contributed by atoms with Gasteiger partial charge in [-0.2, -0.15) is 0 Å². The summed E-state index contributed by atoms with van der Waals surface area (Å²) in [5.74, 6) is 0.820. The molecule has 0 radical (unpaired) electrons. The maximum absolute atomic E-state index is 13.0. The molecule has 4 aromatic rings. The minimum atomic E-state index is -0.883. The van der Waals surface area contributed by atoms with E-state index in [4.69, 9.17) is 13.9 Å². The summed E-state index contributed by atoms with van der Waals surface area (Å²) in [6.45, 7) is -0.0195. The Hall–Kier alpha value is -4.33. The average molecular weight is 429 g/mol. The fraction of sp³-hybridized carbons (Fsp3) is 0.125. The molecular formula is C24H19N3O5. The van der Waals surface area contributed by atoms with Gasteiger partial charge in [-0.1, -0.05) is 18.2 Å². The van der Waals surface area contributed by atoms with Gasteiger partial charge in [0, 0.05) is 30.8 Å². The Morgan fingerprint density at radius 2 is 1.97 bits per heavy atom. The van der Waals surface area contributed by atoms with Crippen molar-refractivity contribution in [2.45, 2.75) is 6.04 Å². The van der Waals surface area contributed by atoms with Crippen LogP contribution in [0.15, 0.2) is 77.5 Å². The number of furan rings is 1. The summed E-state index contributed by atoms with van der Waals surface area (Å²) >= 11 is 0. The first-order valence-corrected chi connectivity index (χ1v) is 10.00. The van der Waals surface area contributed by atoms with Gasteiger partial charge < -0.3 is 24.1 Å². The molecule has 2 aromatic carbocycles. The summed E-state index contributed by atoms with van der Waals surface area (Å²) in [6.07, 6.45) is 3.06. The SMILES string of the molecule is CN1C(=O)[C@@H](NC(=O)c2cc(Oc3ccccc3)ccn2)COc2cc3occc3cc21. The Morgan fingerprint density at radius 3 is 2.81 bits per heavy atom. The third-order valence-corrected chi connectivity index (χ3v) is 5.18. The van der Waals surface area contributed by atoms with E-state index in [1.807, 2.05) is 42.5 Å². The van der Waals surface area contributed by atoms with E-state index in [2.05, 4.69) is 10.3 Å². The number of para-hydroxylation sites is 1. The van der Waals surface area contributed by atoms with E-state index in [0.717, 1.165) is 5.39 Å². The number of benzene rings is 2. The third-order valence-electron chi connectivity index (χ3n) is 5.18. The van der Waals surface area contributed by atoms with Crippen molar-refractivity contribution in [3.63, 3.8) is 0 Å². The summed E-state index contributed by atoms with van der Waals surface area (Å²) in [4.78, 5) is 31.4. The van der Waals surface area contributed by atoms with Crippen LogP contribution in [-0.2, 0) is 4.79 Å². The molecule has 160 valence electrons. The molecule has 1 atom stereocenters. The number of rotatable bonds is 4. The van der Waals surface area contributed by atoms with Gasteiger partial charge >= 0.3 is 0 Å². The van der Waals surface area contributed by atoms with Crippen molar-refractivity contribution in [1.29, 1.82) is 0 Å². The number of hydrogen-bond donors (Lipinski definition) is 1. The van der Waals surface area contributed by atoms with Crippen molar-refractivity contribution in [2.24, 2.45) is 0 Å². The maximum Gasteiger partial charge on any atom is 0.270 e. The molecule has 0 spiro atoms. The molecule has 0 saturated heterocycles. The number of nitrogens with zero attached hydrogens (tertiary/aromatic N) is 2. The van der Waals surface area contributed by atoms with Crippen LogP contribution in [0, 0.1) is 0 Å². The van der Waals surface area contributed by atoms with Gasteiger partial charge in [0.1, 0.15) is 41.2 Å². The zero-order chi connectivity index (χ0) is 22.1. The number of hydrogen-bond acceptors (Lipinski definition) is 6. The first kappa shape index (κ1) is 19.6. The van der Waals surface area contributed by atoms with Crippen LogP contribution < -0.4 is 19.7 Å². The Balaban J connectivity index is 1.33. The molecule has 1 N–H and O–H groups in total. The molecule has 8 nitrogen and oxygen atoms in total. The molecule has 1 aliphatic rings. The second-order valence-corrected chi connectivity index (χ2v) is 7.30. The zero-order valence-corrected chi connectivity index (χ0v) is 17.1. The van der Waals surface area contributed by atoms with Gasteiger partial charge in [-0.15, -0.1) is 0 Å². The Labute approximate surface area is 183 Å². The zero-order valence-electron chi connectivity index (χ0n) is 17.1. The fourth-order valence-electron chi connectivity index (χ4n) is 3.51. The summed E-state index contributed by atoms with van der Waals surface area (Å²) in [6, 6.07) is 16.9. The highest BCUT2D eigenvalue weighted by Gasteiger charge is 2.31. The maximum atomic E-state index is 13.0. The van der Waals surface area contributed by atoms with E-state index < -0.39 is 11.9 Å². The predicted molar refractivity (Wildman–Crippen MR) is 117 cm³/mol. The first-order chi connectivity index (χ1) is 15.6. The Bertz CT molecular complexity index is 1300. The highest BCUT2D eigenvalue weighted by Crippen LogP contribution is 2.35. The molecule has 1 aliphatic heterocycles. The lowest BCUT2D eigenvalue weighted by molar-refractivity contribution is -0.120. The van der Waals surface area contributed by atoms with Gasteiger partial charge in [0.25, 0.3) is 11.8 Å². The topological polar surface area (TPSA) is 93.9 Å². The second kappa shape index (κ2) is 8.07. The van der Waals surface area contributed by atoms with Gasteiger partial charge in [-0.05, 0) is 30.3 Å². The number of amides is 2. The summed E-state index contributed by atoms with van der Waals surface area (Å²) in [5.41, 5.74) is 1.40. The number of carbonyl (C=O) groups excluding carboxylic acids is 2. The molecule has 2 aromatic heterocycles. The lowest BCUT2D eigenvalue weighted by atomic mass is 10.2. The van der Waals surface area contributed by atoms with Gasteiger partial charge in [-0.3, -0.25) is 14.6 Å². The van der Waals surface area contributed by atoms with Crippen LogP contribution >= 0.6 is 0 Å². The monoisotopic (exact) mass is 429 g/mol. The lowest BCUT2D eigenvalue weighted by Gasteiger charge is -2.20. The van der Waals surface area contributed by atoms with Gasteiger partial charge in [-0.25, -0.2) is 0 Å². The van der Waals surface area contributed by atoms with E-state index in [0.29, 0.717) is 28.5 Å². The van der Waals surface area contributed by atoms with E-state index in [1.54, 1.807) is 25.4 Å². The lowest BCUT2D eigenvalue weighted by Crippen LogP contribution is -2.49. The van der Waals surface area contributed by atoms with Crippen LogP contribution in [-0.4, -0.2) is 36.5 Å². The number of aromatic nitrogens is 1. The van der Waals surface area contributed by atoms with Gasteiger partial charge in [0.15, 0.2) is 0 Å². The standard InChI is InChI=1S/C24H19N3O5/c1-27-20-11-15-8-10-30-21(15)13-22(20)31-14-19(24(27)29)26-23(28)18-12-17(7-9-25-18)32-16-5-3-2-4-6-16/h2-13,19H,14H2,1H3,(H,26,28)/t19-/m0/s1. The average Bonchev–Trinajstić information content (AvgIpc) is 3.24. The van der Waals surface area contributed by atoms with Crippen molar-refractivity contribution < 1.29 is 23.5 Å². The predicted octanol–water partition coefficient (Wildman–Crippen LogP) is 3.77. The van der Waals surface area contributed by atoms with Crippen LogP contribution in [0.5, 0.6) is 17.2 Å². The first-order valence-electron chi connectivity index (χ1n) is 10.00. The fourth-order valence-corrected chi connectivity index (χ4v) is 3.51. The molecule has 0 unspecified atom stereocenters. The molecular weight excluding hydrogens is 410 g/mol. The van der Waals surface area contributed by atoms with Crippen molar-refractivity contribution in [1.82, 2.24) is 10.3 Å². The van der Waals surface area contributed by atoms with Gasteiger partial charge in [0.05, 0.1) is 12.0 Å². The van der Waals surface area contributed by atoms with E-state index >= 15 is 0 Å². The number of fused-ring (bicyclic) bond motifs is 2. The number of nitrogens with one attached hydrogen (secondary N) is 1. The number of ether oxygens (including phenoxy) is 2. The Morgan fingerprint density at radius 1 is 1.12 bits per heavy atom. The van der Waals surface area contributed by atoms with E-state index in [-0.39, 0.29) is 18.2 Å². The molecule has 3 heterocycles. The minimum Gasteiger partial charge on any atom is -0.489 e. The highest BCUT2D eigenvalue weighted by molar-refractivity contribution is 6.04. The quantitative estimate of drug-likeness (QED) is 0.531. The molecule has 2 amide bonds. The third kappa shape index (κ3) is 3.74. The normalized spacial score (nSPS) is 15.6. The number of pyridine rings is 1. The molecule has 0 fully saturated rings. The van der Waals surface area contributed by atoms with Crippen LogP contribution in [0.4, 0.5) is 5.69 Å². The molecule has 0 aliphatic carbocycles. The number of carbonyl (C=O) groups is 2. The number of anilines is 1. The summed E-state index contributed by atoms with van der Waals surface area (Å²) < 4.78 is 17.0. The molecule has 5 rings (SSSR count).